The van der Waals surface area contributed by atoms with E-state index in [1.54, 1.807) is 26.2 Å². The first-order valence-electron chi connectivity index (χ1n) is 6.41. The van der Waals surface area contributed by atoms with Gasteiger partial charge in [-0.1, -0.05) is 24.3 Å². The monoisotopic (exact) mass is 264 g/mol. The van der Waals surface area contributed by atoms with Crippen LogP contribution in [0.4, 0.5) is 0 Å². The smallest absolute Gasteiger partial charge is 0.379 e. The van der Waals surface area contributed by atoms with E-state index in [4.69, 9.17) is 4.74 Å². The van der Waals surface area contributed by atoms with Crippen molar-refractivity contribution in [1.29, 1.82) is 0 Å². The van der Waals surface area contributed by atoms with Crippen molar-refractivity contribution in [3.63, 3.8) is 0 Å². The summed E-state index contributed by atoms with van der Waals surface area (Å²) in [5.41, 5.74) is 1.48. The lowest BCUT2D eigenvalue weighted by molar-refractivity contribution is -0.137. The van der Waals surface area contributed by atoms with Gasteiger partial charge in [0.15, 0.2) is 0 Å². The summed E-state index contributed by atoms with van der Waals surface area (Å²) in [6.07, 6.45) is 2.01. The molecule has 0 aliphatic carbocycles. The van der Waals surface area contributed by atoms with E-state index in [-0.39, 0.29) is 12.7 Å². The van der Waals surface area contributed by atoms with Gasteiger partial charge in [0, 0.05) is 12.7 Å². The predicted octanol–water partition coefficient (Wildman–Crippen LogP) is 2.40. The summed E-state index contributed by atoms with van der Waals surface area (Å²) in [6.45, 7) is 3.89. The molecule has 0 aliphatic rings. The van der Waals surface area contributed by atoms with Crippen LogP contribution in [0.5, 0.6) is 0 Å². The highest BCUT2D eigenvalue weighted by Gasteiger charge is 2.16. The van der Waals surface area contributed by atoms with Crippen molar-refractivity contribution in [3.05, 3.63) is 35.4 Å². The third-order valence-corrected chi connectivity index (χ3v) is 2.92. The zero-order valence-electron chi connectivity index (χ0n) is 11.6. The van der Waals surface area contributed by atoms with Crippen LogP contribution in [0.1, 0.15) is 36.2 Å². The second kappa shape index (κ2) is 7.69. The van der Waals surface area contributed by atoms with Gasteiger partial charge in [-0.3, -0.25) is 4.79 Å². The molecule has 0 N–H and O–H groups in total. The minimum Gasteiger partial charge on any atom is -0.460 e. The van der Waals surface area contributed by atoms with Gasteiger partial charge in [0.05, 0.1) is 12.7 Å². The van der Waals surface area contributed by atoms with Crippen molar-refractivity contribution < 1.29 is 19.1 Å². The number of methoxy groups -OCH3 is 1. The molecular formula is C15H20O4. The third-order valence-electron chi connectivity index (χ3n) is 2.92. The Hall–Kier alpha value is -1.68. The van der Waals surface area contributed by atoms with E-state index in [1.807, 2.05) is 19.1 Å². The molecule has 1 unspecified atom stereocenters. The van der Waals surface area contributed by atoms with E-state index in [2.05, 4.69) is 4.74 Å². The van der Waals surface area contributed by atoms with Gasteiger partial charge in [-0.25, -0.2) is 4.79 Å². The van der Waals surface area contributed by atoms with Crippen LogP contribution in [0.25, 0.3) is 0 Å². The summed E-state index contributed by atoms with van der Waals surface area (Å²) < 4.78 is 9.85. The normalized spacial score (nSPS) is 11.9. The Morgan fingerprint density at radius 2 is 1.84 bits per heavy atom. The van der Waals surface area contributed by atoms with E-state index in [9.17, 15) is 9.59 Å². The molecule has 104 valence electrons. The van der Waals surface area contributed by atoms with Crippen LogP contribution < -0.4 is 0 Å². The summed E-state index contributed by atoms with van der Waals surface area (Å²) in [5, 5.41) is 0. The summed E-state index contributed by atoms with van der Waals surface area (Å²) in [7, 11) is 1.69. The van der Waals surface area contributed by atoms with Crippen LogP contribution in [0.3, 0.4) is 0 Å². The Bertz CT molecular complexity index is 422. The van der Waals surface area contributed by atoms with Crippen LogP contribution in [-0.4, -0.2) is 31.6 Å². The van der Waals surface area contributed by atoms with Crippen LogP contribution in [0, 0.1) is 0 Å². The Balaban J connectivity index is 2.61. The molecule has 4 nitrogen and oxygen atoms in total. The quantitative estimate of drug-likeness (QED) is 0.431. The molecule has 19 heavy (non-hydrogen) atoms. The number of aryl methyl sites for hydroxylation is 1. The fraction of sp³-hybridized carbons (Fsp3) is 0.467. The topological polar surface area (TPSA) is 52.6 Å². The minimum absolute atomic E-state index is 0.206. The molecule has 0 heterocycles. The highest BCUT2D eigenvalue weighted by atomic mass is 16.5. The van der Waals surface area contributed by atoms with E-state index in [1.165, 1.54) is 0 Å². The lowest BCUT2D eigenvalue weighted by Gasteiger charge is -2.09. The van der Waals surface area contributed by atoms with E-state index < -0.39 is 11.8 Å². The first kappa shape index (κ1) is 15.4. The maximum Gasteiger partial charge on any atom is 0.379 e. The first-order valence-corrected chi connectivity index (χ1v) is 6.41. The molecular weight excluding hydrogens is 244 g/mol. The molecule has 0 amide bonds. The van der Waals surface area contributed by atoms with Crippen molar-refractivity contribution in [2.75, 3.05) is 13.7 Å². The standard InChI is InChI=1S/C15H20O4/c1-4-19-15(17)14(16)13-9-7-12(8-10-13)6-5-11(2)18-3/h7-11H,4-6H2,1-3H3. The van der Waals surface area contributed by atoms with Gasteiger partial charge in [0.1, 0.15) is 0 Å². The van der Waals surface area contributed by atoms with Gasteiger partial charge >= 0.3 is 5.97 Å². The number of hydrogen-bond acceptors (Lipinski definition) is 4. The maximum atomic E-state index is 11.7. The van der Waals surface area contributed by atoms with Crippen molar-refractivity contribution in [2.45, 2.75) is 32.8 Å². The zero-order valence-corrected chi connectivity index (χ0v) is 11.6. The van der Waals surface area contributed by atoms with Crippen LogP contribution in [0.15, 0.2) is 24.3 Å². The number of rotatable bonds is 7. The molecule has 1 atom stereocenters. The van der Waals surface area contributed by atoms with Crippen molar-refractivity contribution in [1.82, 2.24) is 0 Å². The fourth-order valence-corrected chi connectivity index (χ4v) is 1.63. The van der Waals surface area contributed by atoms with E-state index in [0.717, 1.165) is 18.4 Å². The average molecular weight is 264 g/mol. The molecule has 0 saturated heterocycles. The SMILES string of the molecule is CCOC(=O)C(=O)c1ccc(CCC(C)OC)cc1. The van der Waals surface area contributed by atoms with Crippen molar-refractivity contribution in [3.8, 4) is 0 Å². The number of ether oxygens (including phenoxy) is 2. The van der Waals surface area contributed by atoms with Gasteiger partial charge in [-0.05, 0) is 32.3 Å². The summed E-state index contributed by atoms with van der Waals surface area (Å²) in [4.78, 5) is 23.0. The average Bonchev–Trinajstić information content (AvgIpc) is 2.44. The van der Waals surface area contributed by atoms with Gasteiger partial charge in [-0.15, -0.1) is 0 Å². The van der Waals surface area contributed by atoms with Gasteiger partial charge < -0.3 is 9.47 Å². The molecule has 1 aromatic rings. The molecule has 0 aromatic heterocycles. The molecule has 0 radical (unpaired) electrons. The number of carbonyl (C=O) groups excluding carboxylic acids is 2. The van der Waals surface area contributed by atoms with Crippen LogP contribution in [-0.2, 0) is 20.7 Å². The molecule has 1 rings (SSSR count). The fourth-order valence-electron chi connectivity index (χ4n) is 1.63. The third kappa shape index (κ3) is 4.83. The molecule has 0 spiro atoms. The first-order chi connectivity index (χ1) is 9.08. The van der Waals surface area contributed by atoms with E-state index in [0.29, 0.717) is 5.56 Å². The van der Waals surface area contributed by atoms with Gasteiger partial charge in [0.25, 0.3) is 5.78 Å². The zero-order chi connectivity index (χ0) is 14.3. The second-order valence-corrected chi connectivity index (χ2v) is 4.33. The number of Topliss-reactive ketones (excluding diaryl/α,β-unsaturated/α-hetero) is 1. The lowest BCUT2D eigenvalue weighted by Crippen LogP contribution is -2.17. The molecule has 0 fully saturated rings. The van der Waals surface area contributed by atoms with Gasteiger partial charge in [0.2, 0.25) is 0 Å². The second-order valence-electron chi connectivity index (χ2n) is 4.33. The number of benzene rings is 1. The number of hydrogen-bond donors (Lipinski definition) is 0. The molecule has 4 heteroatoms. The summed E-state index contributed by atoms with van der Waals surface area (Å²) in [5.74, 6) is -1.40. The molecule has 0 bridgehead atoms. The lowest BCUT2D eigenvalue weighted by atomic mass is 10.0. The highest BCUT2D eigenvalue weighted by Crippen LogP contribution is 2.10. The van der Waals surface area contributed by atoms with Crippen LogP contribution in [0.2, 0.25) is 0 Å². The van der Waals surface area contributed by atoms with Crippen LogP contribution >= 0.6 is 0 Å². The number of ketones is 1. The Kier molecular flexibility index (Phi) is 6.22. The summed E-state index contributed by atoms with van der Waals surface area (Å²) in [6, 6.07) is 7.03. The van der Waals surface area contributed by atoms with Crippen molar-refractivity contribution in [2.24, 2.45) is 0 Å². The predicted molar refractivity (Wildman–Crippen MR) is 72.2 cm³/mol. The molecule has 1 aromatic carbocycles. The largest absolute Gasteiger partial charge is 0.460 e. The maximum absolute atomic E-state index is 11.7. The van der Waals surface area contributed by atoms with Crippen molar-refractivity contribution >= 4 is 11.8 Å². The van der Waals surface area contributed by atoms with Gasteiger partial charge in [-0.2, -0.15) is 0 Å². The minimum atomic E-state index is -0.803. The Morgan fingerprint density at radius 3 is 2.37 bits per heavy atom. The Morgan fingerprint density at radius 1 is 1.21 bits per heavy atom. The highest BCUT2D eigenvalue weighted by molar-refractivity contribution is 6.40. The Labute approximate surface area is 113 Å². The number of carbonyl (C=O) groups is 2. The van der Waals surface area contributed by atoms with E-state index >= 15 is 0 Å². The molecule has 0 saturated carbocycles. The summed E-state index contributed by atoms with van der Waals surface area (Å²) >= 11 is 0. The molecule has 0 aliphatic heterocycles. The number of esters is 1.